The zero-order chi connectivity index (χ0) is 27.8. The van der Waals surface area contributed by atoms with Gasteiger partial charge in [-0.05, 0) is 48.5 Å². The molecular formula is C24H18F6N2O5S. The van der Waals surface area contributed by atoms with Gasteiger partial charge in [-0.1, -0.05) is 6.07 Å². The van der Waals surface area contributed by atoms with E-state index in [0.717, 1.165) is 22.5 Å². The zero-order valence-electron chi connectivity index (χ0n) is 19.4. The fourth-order valence-electron chi connectivity index (χ4n) is 3.84. The van der Waals surface area contributed by atoms with Crippen LogP contribution in [0.1, 0.15) is 15.9 Å². The molecule has 0 saturated heterocycles. The highest BCUT2D eigenvalue weighted by Crippen LogP contribution is 2.40. The van der Waals surface area contributed by atoms with Gasteiger partial charge in [-0.3, -0.25) is 9.10 Å². The first-order valence-electron chi connectivity index (χ1n) is 10.8. The van der Waals surface area contributed by atoms with Gasteiger partial charge >= 0.3 is 6.18 Å². The van der Waals surface area contributed by atoms with Gasteiger partial charge in [0, 0.05) is 12.8 Å². The SMILES string of the molecule is COCC1CN(S(=O)(=O)c2ccc(F)c(F)c2)c2cc(NC(=O)c3c(F)cccc3C(F)(F)F)ccc2O1. The van der Waals surface area contributed by atoms with Gasteiger partial charge in [0.05, 0.1) is 34.9 Å². The molecule has 0 aromatic heterocycles. The molecule has 38 heavy (non-hydrogen) atoms. The van der Waals surface area contributed by atoms with E-state index in [0.29, 0.717) is 24.3 Å². The second-order valence-electron chi connectivity index (χ2n) is 8.10. The average molecular weight is 560 g/mol. The standard InChI is InChI=1S/C24H18F6N2O5S/c1-36-12-14-11-32(38(34,35)15-6-7-17(25)19(27)10-15)20-9-13(5-8-21(20)37-14)31-23(33)22-16(24(28,29)30)3-2-4-18(22)26/h2-10,14H,11-12H2,1H3,(H,31,33). The normalized spacial score (nSPS) is 15.6. The van der Waals surface area contributed by atoms with Crippen LogP contribution in [0.15, 0.2) is 59.5 Å². The van der Waals surface area contributed by atoms with Crippen molar-refractivity contribution in [2.75, 3.05) is 29.9 Å². The van der Waals surface area contributed by atoms with Crippen LogP contribution >= 0.6 is 0 Å². The number of methoxy groups -OCH3 is 1. The smallest absolute Gasteiger partial charge is 0.417 e. The molecule has 1 N–H and O–H groups in total. The van der Waals surface area contributed by atoms with Crippen molar-refractivity contribution in [2.45, 2.75) is 17.2 Å². The van der Waals surface area contributed by atoms with Crippen LogP contribution < -0.4 is 14.4 Å². The van der Waals surface area contributed by atoms with Crippen LogP contribution in [-0.2, 0) is 20.9 Å². The number of carbonyl (C=O) groups is 1. The highest BCUT2D eigenvalue weighted by atomic mass is 32.2. The molecule has 1 atom stereocenters. The van der Waals surface area contributed by atoms with E-state index >= 15 is 0 Å². The summed E-state index contributed by atoms with van der Waals surface area (Å²) in [5.74, 6) is -5.52. The molecule has 0 aliphatic carbocycles. The van der Waals surface area contributed by atoms with Crippen molar-refractivity contribution in [1.29, 1.82) is 0 Å². The summed E-state index contributed by atoms with van der Waals surface area (Å²) < 4.78 is 120. The lowest BCUT2D eigenvalue weighted by atomic mass is 10.1. The van der Waals surface area contributed by atoms with Crippen LogP contribution in [0.25, 0.3) is 0 Å². The Balaban J connectivity index is 1.75. The molecule has 0 bridgehead atoms. The van der Waals surface area contributed by atoms with Crippen molar-refractivity contribution in [1.82, 2.24) is 0 Å². The number of carbonyl (C=O) groups excluding carboxylic acids is 1. The summed E-state index contributed by atoms with van der Waals surface area (Å²) in [6.07, 6.45) is -5.84. The first kappa shape index (κ1) is 27.3. The number of ether oxygens (including phenoxy) is 2. The van der Waals surface area contributed by atoms with Crippen molar-refractivity contribution in [3.63, 3.8) is 0 Å². The molecule has 0 radical (unpaired) electrons. The fraction of sp³-hybridized carbons (Fsp3) is 0.208. The summed E-state index contributed by atoms with van der Waals surface area (Å²) in [5.41, 5.74) is -3.10. The summed E-state index contributed by atoms with van der Waals surface area (Å²) in [7, 11) is -3.18. The van der Waals surface area contributed by atoms with Crippen LogP contribution in [0.3, 0.4) is 0 Å². The molecule has 4 rings (SSSR count). The monoisotopic (exact) mass is 560 g/mol. The first-order valence-corrected chi connectivity index (χ1v) is 12.2. The molecule has 1 amide bonds. The highest BCUT2D eigenvalue weighted by molar-refractivity contribution is 7.92. The molecule has 0 fully saturated rings. The Morgan fingerprint density at radius 2 is 1.79 bits per heavy atom. The second kappa shape index (κ2) is 10.2. The van der Waals surface area contributed by atoms with Gasteiger partial charge < -0.3 is 14.8 Å². The molecule has 7 nitrogen and oxygen atoms in total. The number of sulfonamides is 1. The minimum Gasteiger partial charge on any atom is -0.484 e. The van der Waals surface area contributed by atoms with E-state index in [1.807, 2.05) is 0 Å². The lowest BCUT2D eigenvalue weighted by molar-refractivity contribution is -0.138. The van der Waals surface area contributed by atoms with Crippen molar-refractivity contribution >= 4 is 27.3 Å². The lowest BCUT2D eigenvalue weighted by Gasteiger charge is -2.35. The zero-order valence-corrected chi connectivity index (χ0v) is 20.2. The number of nitrogens with one attached hydrogen (secondary N) is 1. The molecule has 1 aliphatic rings. The van der Waals surface area contributed by atoms with Gasteiger partial charge in [0.1, 0.15) is 17.7 Å². The number of benzene rings is 3. The van der Waals surface area contributed by atoms with Crippen LogP contribution in [0.5, 0.6) is 5.75 Å². The number of anilines is 2. The Kier molecular flexibility index (Phi) is 7.30. The summed E-state index contributed by atoms with van der Waals surface area (Å²) >= 11 is 0. The molecule has 14 heteroatoms. The van der Waals surface area contributed by atoms with Crippen LogP contribution in [0, 0.1) is 17.5 Å². The summed E-state index contributed by atoms with van der Waals surface area (Å²) in [6.45, 7) is -0.389. The molecule has 0 saturated carbocycles. The predicted octanol–water partition coefficient (Wildman–Crippen LogP) is 4.98. The summed E-state index contributed by atoms with van der Waals surface area (Å²) in [5, 5.41) is 2.14. The molecule has 3 aromatic rings. The van der Waals surface area contributed by atoms with Gasteiger partial charge in [0.25, 0.3) is 15.9 Å². The molecule has 3 aromatic carbocycles. The maximum Gasteiger partial charge on any atom is 0.417 e. The van der Waals surface area contributed by atoms with Gasteiger partial charge in [-0.25, -0.2) is 21.6 Å². The van der Waals surface area contributed by atoms with E-state index in [4.69, 9.17) is 9.47 Å². The van der Waals surface area contributed by atoms with Gasteiger partial charge in [0.2, 0.25) is 0 Å². The Morgan fingerprint density at radius 1 is 1.05 bits per heavy atom. The molecule has 1 heterocycles. The van der Waals surface area contributed by atoms with E-state index < -0.39 is 61.7 Å². The topological polar surface area (TPSA) is 84.9 Å². The Morgan fingerprint density at radius 3 is 2.45 bits per heavy atom. The van der Waals surface area contributed by atoms with E-state index in [-0.39, 0.29) is 30.3 Å². The predicted molar refractivity (Wildman–Crippen MR) is 123 cm³/mol. The first-order chi connectivity index (χ1) is 17.8. The number of rotatable bonds is 6. The van der Waals surface area contributed by atoms with E-state index in [9.17, 15) is 39.6 Å². The number of alkyl halides is 3. The Hall–Kier alpha value is -3.78. The number of nitrogens with zero attached hydrogens (tertiary/aromatic N) is 1. The van der Waals surface area contributed by atoms with Crippen LogP contribution in [0.4, 0.5) is 37.7 Å². The van der Waals surface area contributed by atoms with Crippen LogP contribution in [0.2, 0.25) is 0 Å². The minimum atomic E-state index is -5.02. The maximum atomic E-state index is 14.3. The van der Waals surface area contributed by atoms with E-state index in [1.54, 1.807) is 0 Å². The molecule has 202 valence electrons. The Labute approximate surface area is 212 Å². The number of fused-ring (bicyclic) bond motifs is 1. The second-order valence-corrected chi connectivity index (χ2v) is 9.97. The summed E-state index contributed by atoms with van der Waals surface area (Å²) in [6, 6.07) is 7.57. The van der Waals surface area contributed by atoms with Crippen molar-refractivity contribution < 1.29 is 49.0 Å². The van der Waals surface area contributed by atoms with E-state index in [2.05, 4.69) is 5.32 Å². The molecule has 1 aliphatic heterocycles. The Bertz CT molecular complexity index is 1500. The highest BCUT2D eigenvalue weighted by Gasteiger charge is 2.38. The van der Waals surface area contributed by atoms with Crippen molar-refractivity contribution in [3.05, 3.63) is 83.2 Å². The third-order valence-corrected chi connectivity index (χ3v) is 7.30. The quantitative estimate of drug-likeness (QED) is 0.430. The lowest BCUT2D eigenvalue weighted by Crippen LogP contribution is -2.45. The third kappa shape index (κ3) is 5.27. The number of hydrogen-bond donors (Lipinski definition) is 1. The summed E-state index contributed by atoms with van der Waals surface area (Å²) in [4.78, 5) is 12.1. The number of amides is 1. The van der Waals surface area contributed by atoms with Gasteiger partial charge in [0.15, 0.2) is 11.6 Å². The number of halogens is 6. The maximum absolute atomic E-state index is 14.3. The van der Waals surface area contributed by atoms with Gasteiger partial charge in [-0.2, -0.15) is 13.2 Å². The average Bonchev–Trinajstić information content (AvgIpc) is 2.84. The molecule has 1 unspecified atom stereocenters. The minimum absolute atomic E-state index is 0.00988. The van der Waals surface area contributed by atoms with Crippen molar-refractivity contribution in [3.8, 4) is 5.75 Å². The van der Waals surface area contributed by atoms with Crippen LogP contribution in [-0.4, -0.2) is 40.7 Å². The fourth-order valence-corrected chi connectivity index (χ4v) is 5.35. The van der Waals surface area contributed by atoms with Crippen molar-refractivity contribution in [2.24, 2.45) is 0 Å². The van der Waals surface area contributed by atoms with Gasteiger partial charge in [-0.15, -0.1) is 0 Å². The third-order valence-electron chi connectivity index (χ3n) is 5.53. The van der Waals surface area contributed by atoms with E-state index in [1.165, 1.54) is 19.2 Å². The largest absolute Gasteiger partial charge is 0.484 e. The molecule has 0 spiro atoms. The number of hydrogen-bond acceptors (Lipinski definition) is 5. The molecular weight excluding hydrogens is 542 g/mol.